The summed E-state index contributed by atoms with van der Waals surface area (Å²) in [4.78, 5) is 5.39. The average Bonchev–Trinajstić information content (AvgIpc) is 2.56. The molecule has 0 aliphatic carbocycles. The van der Waals surface area contributed by atoms with Gasteiger partial charge in [-0.2, -0.15) is 0 Å². The number of rotatable bonds is 2. The van der Waals surface area contributed by atoms with E-state index in [2.05, 4.69) is 4.98 Å². The number of aryl methyl sites for hydroxylation is 1. The Labute approximate surface area is 96.1 Å². The van der Waals surface area contributed by atoms with E-state index < -0.39 is 0 Å². The van der Waals surface area contributed by atoms with Crippen molar-refractivity contribution in [2.45, 2.75) is 16.0 Å². The Morgan fingerprint density at radius 2 is 2.00 bits per heavy atom. The molecule has 0 amide bonds. The molecule has 0 radical (unpaired) electrons. The molecular formula is C10H8ClNS2. The summed E-state index contributed by atoms with van der Waals surface area (Å²) in [5.41, 5.74) is 0. The van der Waals surface area contributed by atoms with Gasteiger partial charge in [-0.25, -0.2) is 4.98 Å². The highest BCUT2D eigenvalue weighted by molar-refractivity contribution is 8.01. The Kier molecular flexibility index (Phi) is 3.11. The normalized spacial score (nSPS) is 10.4. The molecule has 0 atom stereocenters. The quantitative estimate of drug-likeness (QED) is 0.780. The van der Waals surface area contributed by atoms with Crippen LogP contribution in [0.1, 0.15) is 5.01 Å². The minimum Gasteiger partial charge on any atom is -0.249 e. The molecule has 0 fully saturated rings. The van der Waals surface area contributed by atoms with Crippen molar-refractivity contribution >= 4 is 34.7 Å². The van der Waals surface area contributed by atoms with Crippen LogP contribution in [0, 0.1) is 6.92 Å². The molecule has 72 valence electrons. The van der Waals surface area contributed by atoms with E-state index in [0.29, 0.717) is 0 Å². The van der Waals surface area contributed by atoms with E-state index in [4.69, 9.17) is 11.6 Å². The summed E-state index contributed by atoms with van der Waals surface area (Å²) in [6.45, 7) is 2.01. The van der Waals surface area contributed by atoms with Gasteiger partial charge >= 0.3 is 0 Å². The molecule has 2 aromatic rings. The van der Waals surface area contributed by atoms with E-state index in [1.165, 1.54) is 9.10 Å². The summed E-state index contributed by atoms with van der Waals surface area (Å²) in [6.07, 6.45) is 1.90. The second-order valence-corrected chi connectivity index (χ2v) is 5.80. The molecular weight excluding hydrogens is 234 g/mol. The minimum atomic E-state index is 0.773. The van der Waals surface area contributed by atoms with Crippen LogP contribution in [0.15, 0.2) is 39.6 Å². The van der Waals surface area contributed by atoms with Crippen molar-refractivity contribution in [3.63, 3.8) is 0 Å². The van der Waals surface area contributed by atoms with Gasteiger partial charge in [0.05, 0.1) is 15.4 Å². The van der Waals surface area contributed by atoms with Gasteiger partial charge in [-0.15, -0.1) is 11.3 Å². The number of nitrogens with zero attached hydrogens (tertiary/aromatic N) is 1. The fourth-order valence-electron chi connectivity index (χ4n) is 1.01. The summed E-state index contributed by atoms with van der Waals surface area (Å²) < 4.78 is 1.21. The van der Waals surface area contributed by atoms with Gasteiger partial charge in [-0.05, 0) is 31.2 Å². The second-order valence-electron chi connectivity index (χ2n) is 2.75. The van der Waals surface area contributed by atoms with Crippen LogP contribution in [0.5, 0.6) is 0 Å². The first-order chi connectivity index (χ1) is 6.74. The molecule has 4 heteroatoms. The van der Waals surface area contributed by atoms with Crippen molar-refractivity contribution < 1.29 is 0 Å². The van der Waals surface area contributed by atoms with E-state index in [1.807, 2.05) is 37.4 Å². The summed E-state index contributed by atoms with van der Waals surface area (Å²) in [7, 11) is 0. The molecule has 0 aliphatic heterocycles. The fourth-order valence-corrected chi connectivity index (χ4v) is 3.06. The molecule has 0 saturated heterocycles. The highest BCUT2D eigenvalue weighted by Gasteiger charge is 2.00. The molecule has 1 aromatic carbocycles. The van der Waals surface area contributed by atoms with Crippen molar-refractivity contribution in [1.29, 1.82) is 0 Å². The van der Waals surface area contributed by atoms with Gasteiger partial charge in [-0.1, -0.05) is 23.4 Å². The topological polar surface area (TPSA) is 12.9 Å². The Bertz CT molecular complexity index is 422. The summed E-state index contributed by atoms with van der Waals surface area (Å²) in [6, 6.07) is 7.83. The molecule has 1 heterocycles. The Morgan fingerprint density at radius 3 is 2.57 bits per heavy atom. The number of benzene rings is 1. The molecule has 0 bridgehead atoms. The SMILES string of the molecule is Cc1ncc(Sc2ccc(Cl)cc2)s1. The van der Waals surface area contributed by atoms with E-state index >= 15 is 0 Å². The molecule has 0 N–H and O–H groups in total. The maximum absolute atomic E-state index is 5.80. The lowest BCUT2D eigenvalue weighted by Gasteiger charge is -1.96. The zero-order valence-electron chi connectivity index (χ0n) is 7.53. The maximum Gasteiger partial charge on any atom is 0.0906 e. The van der Waals surface area contributed by atoms with Crippen molar-refractivity contribution in [2.24, 2.45) is 0 Å². The highest BCUT2D eigenvalue weighted by Crippen LogP contribution is 2.32. The number of hydrogen-bond acceptors (Lipinski definition) is 3. The fraction of sp³-hybridized carbons (Fsp3) is 0.100. The van der Waals surface area contributed by atoms with E-state index in [1.54, 1.807) is 23.1 Å². The standard InChI is InChI=1S/C10H8ClNS2/c1-7-12-6-10(13-7)14-9-4-2-8(11)3-5-9/h2-6H,1H3. The first kappa shape index (κ1) is 10.0. The van der Waals surface area contributed by atoms with Crippen LogP contribution in [-0.4, -0.2) is 4.98 Å². The Morgan fingerprint density at radius 1 is 1.29 bits per heavy atom. The zero-order valence-corrected chi connectivity index (χ0v) is 9.92. The predicted octanol–water partition coefficient (Wildman–Crippen LogP) is 4.26. The van der Waals surface area contributed by atoms with Crippen molar-refractivity contribution in [3.8, 4) is 0 Å². The third kappa shape index (κ3) is 2.50. The summed E-state index contributed by atoms with van der Waals surface area (Å²) in [5, 5.41) is 1.87. The summed E-state index contributed by atoms with van der Waals surface area (Å²) in [5.74, 6) is 0. The first-order valence-corrected chi connectivity index (χ1v) is 6.11. The van der Waals surface area contributed by atoms with E-state index in [-0.39, 0.29) is 0 Å². The lowest BCUT2D eigenvalue weighted by atomic mass is 10.4. The Balaban J connectivity index is 2.15. The smallest absolute Gasteiger partial charge is 0.0906 e. The molecule has 2 rings (SSSR count). The maximum atomic E-state index is 5.80. The number of halogens is 1. The van der Waals surface area contributed by atoms with Crippen LogP contribution >= 0.6 is 34.7 Å². The number of hydrogen-bond donors (Lipinski definition) is 0. The van der Waals surface area contributed by atoms with Gasteiger partial charge in [-0.3, -0.25) is 0 Å². The molecule has 1 aromatic heterocycles. The second kappa shape index (κ2) is 4.34. The molecule has 1 nitrogen and oxygen atoms in total. The largest absolute Gasteiger partial charge is 0.249 e. The van der Waals surface area contributed by atoms with Gasteiger partial charge in [0, 0.05) is 9.92 Å². The monoisotopic (exact) mass is 241 g/mol. The zero-order chi connectivity index (χ0) is 9.97. The number of aromatic nitrogens is 1. The third-order valence-corrected chi connectivity index (χ3v) is 3.91. The van der Waals surface area contributed by atoms with Crippen molar-refractivity contribution in [1.82, 2.24) is 4.98 Å². The van der Waals surface area contributed by atoms with Crippen LogP contribution in [0.4, 0.5) is 0 Å². The summed E-state index contributed by atoms with van der Waals surface area (Å²) >= 11 is 9.22. The molecule has 0 spiro atoms. The van der Waals surface area contributed by atoms with Crippen LogP contribution in [-0.2, 0) is 0 Å². The van der Waals surface area contributed by atoms with Crippen LogP contribution in [0.2, 0.25) is 5.02 Å². The predicted molar refractivity (Wildman–Crippen MR) is 62.4 cm³/mol. The van der Waals surface area contributed by atoms with Crippen LogP contribution in [0.25, 0.3) is 0 Å². The van der Waals surface area contributed by atoms with Crippen molar-refractivity contribution in [3.05, 3.63) is 40.5 Å². The van der Waals surface area contributed by atoms with Gasteiger partial charge in [0.1, 0.15) is 0 Å². The van der Waals surface area contributed by atoms with Gasteiger partial charge < -0.3 is 0 Å². The molecule has 0 aliphatic rings. The molecule has 14 heavy (non-hydrogen) atoms. The lowest BCUT2D eigenvalue weighted by Crippen LogP contribution is -1.68. The average molecular weight is 242 g/mol. The van der Waals surface area contributed by atoms with Crippen LogP contribution in [0.3, 0.4) is 0 Å². The van der Waals surface area contributed by atoms with E-state index in [9.17, 15) is 0 Å². The van der Waals surface area contributed by atoms with Crippen LogP contribution < -0.4 is 0 Å². The Hall–Kier alpha value is -0.510. The highest BCUT2D eigenvalue weighted by atomic mass is 35.5. The molecule has 0 unspecified atom stereocenters. The van der Waals surface area contributed by atoms with Gasteiger partial charge in [0.15, 0.2) is 0 Å². The first-order valence-electron chi connectivity index (χ1n) is 4.10. The minimum absolute atomic E-state index is 0.773. The van der Waals surface area contributed by atoms with Gasteiger partial charge in [0.2, 0.25) is 0 Å². The van der Waals surface area contributed by atoms with Gasteiger partial charge in [0.25, 0.3) is 0 Å². The van der Waals surface area contributed by atoms with Crippen molar-refractivity contribution in [2.75, 3.05) is 0 Å². The third-order valence-electron chi connectivity index (χ3n) is 1.63. The lowest BCUT2D eigenvalue weighted by molar-refractivity contribution is 1.28. The van der Waals surface area contributed by atoms with E-state index in [0.717, 1.165) is 10.0 Å². The number of thiazole rings is 1. The molecule has 0 saturated carbocycles.